The van der Waals surface area contributed by atoms with E-state index >= 15 is 0 Å². The number of rotatable bonds is 9. The molecule has 0 amide bonds. The van der Waals surface area contributed by atoms with Gasteiger partial charge in [-0.05, 0) is 148 Å². The highest BCUT2D eigenvalue weighted by Crippen LogP contribution is 2.57. The number of para-hydroxylation sites is 2. The first-order valence-electron chi connectivity index (χ1n) is 26.7. The van der Waals surface area contributed by atoms with E-state index in [0.29, 0.717) is 0 Å². The third kappa shape index (κ3) is 8.32. The molecule has 4 nitrogen and oxygen atoms in total. The number of pyridine rings is 1. The molecule has 0 spiro atoms. The second-order valence-corrected chi connectivity index (χ2v) is 19.1. The Morgan fingerprint density at radius 1 is 0.455 bits per heavy atom. The Morgan fingerprint density at radius 3 is 1.62 bits per heavy atom. The van der Waals surface area contributed by atoms with Crippen molar-refractivity contribution in [3.05, 3.63) is 314 Å². The van der Waals surface area contributed by atoms with Gasteiger partial charge in [0.25, 0.3) is 0 Å². The molecule has 77 heavy (non-hydrogen) atoms. The van der Waals surface area contributed by atoms with Crippen LogP contribution in [-0.2, 0) is 5.41 Å². The van der Waals surface area contributed by atoms with E-state index in [1.165, 1.54) is 66.1 Å². The minimum absolute atomic E-state index is 0.528. The van der Waals surface area contributed by atoms with Crippen molar-refractivity contribution in [2.45, 2.75) is 26.2 Å². The van der Waals surface area contributed by atoms with Gasteiger partial charge in [0.1, 0.15) is 0 Å². The van der Waals surface area contributed by atoms with E-state index in [9.17, 15) is 0 Å². The van der Waals surface area contributed by atoms with Crippen LogP contribution in [0.1, 0.15) is 43.0 Å². The van der Waals surface area contributed by atoms with Gasteiger partial charge in [-0.1, -0.05) is 190 Å². The summed E-state index contributed by atoms with van der Waals surface area (Å²) in [6.45, 7) is 9.25. The minimum atomic E-state index is -0.528. The average molecular weight is 991 g/mol. The molecule has 0 saturated carbocycles. The van der Waals surface area contributed by atoms with Gasteiger partial charge in [-0.25, -0.2) is 0 Å². The Hall–Kier alpha value is -9.77. The summed E-state index contributed by atoms with van der Waals surface area (Å²) in [5, 5.41) is 3.66. The van der Waals surface area contributed by atoms with E-state index in [-0.39, 0.29) is 0 Å². The molecule has 0 fully saturated rings. The van der Waals surface area contributed by atoms with Crippen LogP contribution in [-0.4, -0.2) is 14.1 Å². The van der Waals surface area contributed by atoms with E-state index in [1.807, 2.05) is 39.1 Å². The Balaban J connectivity index is 0.00000115. The molecule has 0 bridgehead atoms. The molecule has 13 aromatic rings. The van der Waals surface area contributed by atoms with Crippen LogP contribution in [0.5, 0.6) is 0 Å². The van der Waals surface area contributed by atoms with Crippen LogP contribution >= 0.6 is 0 Å². The zero-order valence-electron chi connectivity index (χ0n) is 43.6. The summed E-state index contributed by atoms with van der Waals surface area (Å²) in [5.74, 6) is 0. The van der Waals surface area contributed by atoms with Crippen molar-refractivity contribution in [1.29, 1.82) is 0 Å². The number of hydrogen-bond acceptors (Lipinski definition) is 2. The van der Waals surface area contributed by atoms with Crippen molar-refractivity contribution < 1.29 is 0 Å². The van der Waals surface area contributed by atoms with Gasteiger partial charge in [-0.2, -0.15) is 0 Å². The molecule has 0 radical (unpaired) electrons. The van der Waals surface area contributed by atoms with Gasteiger partial charge in [0.05, 0.1) is 27.7 Å². The minimum Gasteiger partial charge on any atom is -0.316 e. The molecule has 3 aromatic heterocycles. The van der Waals surface area contributed by atoms with Crippen LogP contribution in [0.4, 0.5) is 17.1 Å². The molecular formula is C73H58N4. The quantitative estimate of drug-likeness (QED) is 0.135. The van der Waals surface area contributed by atoms with Crippen LogP contribution in [0, 0.1) is 0 Å². The van der Waals surface area contributed by atoms with E-state index in [1.54, 1.807) is 6.08 Å². The maximum Gasteiger partial charge on any atom is 0.0714 e. The summed E-state index contributed by atoms with van der Waals surface area (Å²) in [7, 11) is 0. The highest BCUT2D eigenvalue weighted by Gasteiger charge is 2.46. The van der Waals surface area contributed by atoms with Crippen molar-refractivity contribution in [3.8, 4) is 44.9 Å². The summed E-state index contributed by atoms with van der Waals surface area (Å²) >= 11 is 0. The highest BCUT2D eigenvalue weighted by molar-refractivity contribution is 6.21. The molecule has 0 unspecified atom stereocenters. The maximum absolute atomic E-state index is 4.68. The summed E-state index contributed by atoms with van der Waals surface area (Å²) < 4.78 is 4.75. The monoisotopic (exact) mass is 990 g/mol. The predicted octanol–water partition coefficient (Wildman–Crippen LogP) is 19.5. The first kappa shape index (κ1) is 48.2. The average Bonchev–Trinajstić information content (AvgIpc) is 4.40. The van der Waals surface area contributed by atoms with Gasteiger partial charge in [-0.15, -0.1) is 6.58 Å². The van der Waals surface area contributed by atoms with E-state index in [2.05, 4.69) is 287 Å². The molecule has 4 heteroatoms. The third-order valence-corrected chi connectivity index (χ3v) is 14.9. The number of hydrogen-bond donors (Lipinski definition) is 0. The first-order chi connectivity index (χ1) is 38.1. The van der Waals surface area contributed by atoms with Crippen molar-refractivity contribution in [3.63, 3.8) is 0 Å². The van der Waals surface area contributed by atoms with Crippen LogP contribution in [0.2, 0.25) is 0 Å². The summed E-state index contributed by atoms with van der Waals surface area (Å²) in [5.41, 5.74) is 20.4. The lowest BCUT2D eigenvalue weighted by molar-refractivity contribution is 0.768. The van der Waals surface area contributed by atoms with Gasteiger partial charge < -0.3 is 14.0 Å². The van der Waals surface area contributed by atoms with Crippen molar-refractivity contribution >= 4 is 49.8 Å². The molecule has 14 rings (SSSR count). The molecule has 1 aliphatic rings. The summed E-state index contributed by atoms with van der Waals surface area (Å²) in [6.07, 6.45) is 5.81. The summed E-state index contributed by atoms with van der Waals surface area (Å²) in [6, 6.07) is 97.3. The van der Waals surface area contributed by atoms with Crippen molar-refractivity contribution in [2.24, 2.45) is 0 Å². The lowest BCUT2D eigenvalue weighted by atomic mass is 9.67. The van der Waals surface area contributed by atoms with E-state index in [0.717, 1.165) is 50.8 Å². The molecule has 1 aliphatic carbocycles. The number of aromatic nitrogens is 3. The first-order valence-corrected chi connectivity index (χ1v) is 26.7. The van der Waals surface area contributed by atoms with Gasteiger partial charge in [0.2, 0.25) is 0 Å². The van der Waals surface area contributed by atoms with Gasteiger partial charge in [0.15, 0.2) is 0 Å². The molecule has 3 heterocycles. The molecular weight excluding hydrogens is 933 g/mol. The van der Waals surface area contributed by atoms with Crippen molar-refractivity contribution in [1.82, 2.24) is 14.1 Å². The second kappa shape index (κ2) is 20.9. The Morgan fingerprint density at radius 2 is 0.987 bits per heavy atom. The molecule has 370 valence electrons. The Kier molecular flexibility index (Phi) is 13.1. The molecule has 0 N–H and O–H groups in total. The predicted molar refractivity (Wildman–Crippen MR) is 325 cm³/mol. The Labute approximate surface area is 451 Å². The fourth-order valence-electron chi connectivity index (χ4n) is 11.7. The number of nitrogens with zero attached hydrogens (tertiary/aromatic N) is 4. The largest absolute Gasteiger partial charge is 0.316 e. The van der Waals surface area contributed by atoms with Crippen LogP contribution in [0.15, 0.2) is 292 Å². The van der Waals surface area contributed by atoms with Crippen LogP contribution in [0.3, 0.4) is 0 Å². The standard InChI is InChI=1S/C68H46N4.C3H6.C2H6/c1-5-17-51(18-6-1)68(52-19-7-2-8-20-52)61-26-14-13-25-58(61)59-39-38-57(46-62(59)68)71(56-36-30-48(31-37-56)63-27-15-16-43-69-63)55-34-28-47(29-35-55)50-33-40-64-60(45-50)66-65(72(64)54-23-11-4-12-24-54)41-32-49-42-44-70(67(49)66)53-21-9-3-10-22-53;1-3-2;1-2/h1-46H;3H,1H2,2H3;1-2H3. The third-order valence-electron chi connectivity index (χ3n) is 14.9. The topological polar surface area (TPSA) is 26.0 Å². The fraction of sp³-hybridized carbons (Fsp3) is 0.0548. The normalized spacial score (nSPS) is 12.0. The fourth-order valence-corrected chi connectivity index (χ4v) is 11.7. The molecule has 0 aliphatic heterocycles. The van der Waals surface area contributed by atoms with Gasteiger partial charge in [0, 0.05) is 62.6 Å². The summed E-state index contributed by atoms with van der Waals surface area (Å²) in [4.78, 5) is 7.08. The van der Waals surface area contributed by atoms with E-state index < -0.39 is 5.41 Å². The lowest BCUT2D eigenvalue weighted by Gasteiger charge is -2.35. The molecule has 0 atom stereocenters. The number of fused-ring (bicyclic) bond motifs is 8. The zero-order chi connectivity index (χ0) is 52.3. The van der Waals surface area contributed by atoms with Crippen LogP contribution < -0.4 is 4.90 Å². The van der Waals surface area contributed by atoms with E-state index in [4.69, 9.17) is 0 Å². The van der Waals surface area contributed by atoms with Gasteiger partial charge >= 0.3 is 0 Å². The smallest absolute Gasteiger partial charge is 0.0714 e. The lowest BCUT2D eigenvalue weighted by Crippen LogP contribution is -2.28. The molecule has 0 saturated heterocycles. The SMILES string of the molecule is C=CC.CC.c1ccc(-n2ccc3ccc4c(c5cc(-c6ccc(N(c7ccc(-c8ccccn8)cc7)c7ccc8c(c7)C(c7ccccc7)(c7ccccc7)c7ccccc7-8)cc6)ccc5n4-c4ccccc4)c32)cc1. The zero-order valence-corrected chi connectivity index (χ0v) is 43.6. The number of anilines is 3. The molecule has 10 aromatic carbocycles. The van der Waals surface area contributed by atoms with Gasteiger partial charge in [-0.3, -0.25) is 4.98 Å². The van der Waals surface area contributed by atoms with Crippen LogP contribution in [0.25, 0.3) is 77.6 Å². The highest BCUT2D eigenvalue weighted by atomic mass is 15.1. The second-order valence-electron chi connectivity index (χ2n) is 19.1. The number of benzene rings is 10. The number of allylic oxidation sites excluding steroid dienone is 1. The maximum atomic E-state index is 4.68. The van der Waals surface area contributed by atoms with Crippen molar-refractivity contribution in [2.75, 3.05) is 4.90 Å². The Bertz CT molecular complexity index is 4120.